The summed E-state index contributed by atoms with van der Waals surface area (Å²) in [5.41, 5.74) is 3.99. The van der Waals surface area contributed by atoms with E-state index in [9.17, 15) is 5.11 Å². The summed E-state index contributed by atoms with van der Waals surface area (Å²) in [5.74, 6) is 7.35. The van der Waals surface area contributed by atoms with Gasteiger partial charge in [-0.15, -0.1) is 0 Å². The summed E-state index contributed by atoms with van der Waals surface area (Å²) in [6.07, 6.45) is 0. The lowest BCUT2D eigenvalue weighted by atomic mass is 10.0. The van der Waals surface area contributed by atoms with Gasteiger partial charge in [-0.05, 0) is 60.5 Å². The molecule has 3 aromatic carbocycles. The highest BCUT2D eigenvalue weighted by Gasteiger charge is 2.09. The summed E-state index contributed by atoms with van der Waals surface area (Å²) < 4.78 is 5.19. The van der Waals surface area contributed by atoms with Gasteiger partial charge >= 0.3 is 0 Å². The van der Waals surface area contributed by atoms with Gasteiger partial charge in [-0.1, -0.05) is 47.7 Å². The summed E-state index contributed by atoms with van der Waals surface area (Å²) in [6.45, 7) is 2.48. The van der Waals surface area contributed by atoms with Crippen molar-refractivity contribution in [2.24, 2.45) is 0 Å². The van der Waals surface area contributed by atoms with Crippen molar-refractivity contribution in [2.75, 3.05) is 13.7 Å². The first-order valence-electron chi connectivity index (χ1n) is 9.02. The Balaban J connectivity index is 1.59. The fraction of sp³-hybridized carbons (Fsp3) is 0.167. The summed E-state index contributed by atoms with van der Waals surface area (Å²) in [4.78, 5) is 0. The van der Waals surface area contributed by atoms with Crippen LogP contribution in [0.15, 0.2) is 66.7 Å². The number of hydrogen-bond donors (Lipinski definition) is 2. The minimum absolute atomic E-state index is 0.0505. The van der Waals surface area contributed by atoms with Gasteiger partial charge in [0.05, 0.1) is 13.7 Å². The molecular weight excluding hydrogens is 370 g/mol. The Labute approximate surface area is 170 Å². The number of rotatable bonds is 5. The number of phenols is 1. The van der Waals surface area contributed by atoms with Gasteiger partial charge in [-0.3, -0.25) is 5.32 Å². The second-order valence-corrected chi connectivity index (χ2v) is 6.85. The predicted molar refractivity (Wildman–Crippen MR) is 115 cm³/mol. The van der Waals surface area contributed by atoms with Gasteiger partial charge in [0.25, 0.3) is 0 Å². The molecule has 28 heavy (non-hydrogen) atoms. The third kappa shape index (κ3) is 5.07. The highest BCUT2D eigenvalue weighted by atomic mass is 35.5. The first-order chi connectivity index (χ1) is 13.6. The summed E-state index contributed by atoms with van der Waals surface area (Å²) in [6, 6.07) is 21.1. The van der Waals surface area contributed by atoms with Crippen LogP contribution in [0.3, 0.4) is 0 Å². The highest BCUT2D eigenvalue weighted by molar-refractivity contribution is 6.30. The molecule has 1 atom stereocenters. The molecule has 0 amide bonds. The van der Waals surface area contributed by atoms with Crippen molar-refractivity contribution in [2.45, 2.75) is 13.0 Å². The van der Waals surface area contributed by atoms with Crippen molar-refractivity contribution in [1.82, 2.24) is 5.32 Å². The Morgan fingerprint density at radius 3 is 2.29 bits per heavy atom. The zero-order valence-corrected chi connectivity index (χ0v) is 16.6. The number of methoxy groups -OCH3 is 1. The van der Waals surface area contributed by atoms with E-state index in [1.54, 1.807) is 25.3 Å². The van der Waals surface area contributed by atoms with Crippen molar-refractivity contribution >= 4 is 11.6 Å². The molecule has 0 aromatic heterocycles. The SMILES string of the molecule is COc1ccc(-c2ccc(C#CCNC(C)c3cc(Cl)ccc3O)cc2)cc1. The molecule has 0 aliphatic heterocycles. The van der Waals surface area contributed by atoms with Crippen LogP contribution in [0.1, 0.15) is 24.1 Å². The largest absolute Gasteiger partial charge is 0.508 e. The minimum Gasteiger partial charge on any atom is -0.508 e. The Kier molecular flexibility index (Phi) is 6.60. The fourth-order valence-electron chi connectivity index (χ4n) is 2.86. The Morgan fingerprint density at radius 2 is 1.64 bits per heavy atom. The monoisotopic (exact) mass is 391 g/mol. The maximum Gasteiger partial charge on any atom is 0.120 e. The fourth-order valence-corrected chi connectivity index (χ4v) is 3.04. The van der Waals surface area contributed by atoms with E-state index in [-0.39, 0.29) is 11.8 Å². The first kappa shape index (κ1) is 19.8. The van der Waals surface area contributed by atoms with Crippen molar-refractivity contribution < 1.29 is 9.84 Å². The van der Waals surface area contributed by atoms with Crippen LogP contribution in [0.25, 0.3) is 11.1 Å². The van der Waals surface area contributed by atoms with E-state index in [2.05, 4.69) is 29.3 Å². The van der Waals surface area contributed by atoms with Crippen LogP contribution < -0.4 is 10.1 Å². The van der Waals surface area contributed by atoms with Gasteiger partial charge in [0.15, 0.2) is 0 Å². The third-order valence-electron chi connectivity index (χ3n) is 4.49. The van der Waals surface area contributed by atoms with Crippen LogP contribution in [-0.2, 0) is 0 Å². The molecule has 3 aromatic rings. The molecule has 1 unspecified atom stereocenters. The van der Waals surface area contributed by atoms with Crippen molar-refractivity contribution in [1.29, 1.82) is 0 Å². The molecule has 0 heterocycles. The lowest BCUT2D eigenvalue weighted by Crippen LogP contribution is -2.18. The molecule has 0 aliphatic rings. The number of ether oxygens (including phenoxy) is 1. The van der Waals surface area contributed by atoms with Gasteiger partial charge in [0.2, 0.25) is 0 Å². The predicted octanol–water partition coefficient (Wildman–Crippen LogP) is 5.42. The van der Waals surface area contributed by atoms with Gasteiger partial charge < -0.3 is 9.84 Å². The van der Waals surface area contributed by atoms with Gasteiger partial charge in [-0.2, -0.15) is 0 Å². The van der Waals surface area contributed by atoms with Crippen molar-refractivity contribution in [3.8, 4) is 34.5 Å². The van der Waals surface area contributed by atoms with Gasteiger partial charge in [-0.25, -0.2) is 0 Å². The quantitative estimate of drug-likeness (QED) is 0.570. The average molecular weight is 392 g/mol. The van der Waals surface area contributed by atoms with Crippen LogP contribution in [0, 0.1) is 11.8 Å². The molecule has 3 rings (SSSR count). The molecule has 0 aliphatic carbocycles. The molecule has 3 nitrogen and oxygen atoms in total. The van der Waals surface area contributed by atoms with Crippen LogP contribution in [0.4, 0.5) is 0 Å². The van der Waals surface area contributed by atoms with E-state index in [4.69, 9.17) is 16.3 Å². The second-order valence-electron chi connectivity index (χ2n) is 6.41. The maximum absolute atomic E-state index is 9.95. The van der Waals surface area contributed by atoms with Gasteiger partial charge in [0, 0.05) is 22.2 Å². The molecule has 2 N–H and O–H groups in total. The van der Waals surface area contributed by atoms with Crippen LogP contribution >= 0.6 is 11.6 Å². The smallest absolute Gasteiger partial charge is 0.120 e. The van der Waals surface area contributed by atoms with E-state index >= 15 is 0 Å². The molecule has 0 saturated heterocycles. The lowest BCUT2D eigenvalue weighted by Gasteiger charge is -2.14. The Morgan fingerprint density at radius 1 is 1.00 bits per heavy atom. The van der Waals surface area contributed by atoms with Crippen LogP contribution in [0.2, 0.25) is 5.02 Å². The summed E-state index contributed by atoms with van der Waals surface area (Å²) in [7, 11) is 1.66. The molecule has 0 fully saturated rings. The average Bonchev–Trinajstić information content (AvgIpc) is 2.73. The van der Waals surface area contributed by atoms with E-state index < -0.39 is 0 Å². The standard InChI is InChI=1S/C24H22ClNO2/c1-17(23-16-21(25)11-14-24(23)27)26-15-3-4-18-5-7-19(8-6-18)20-9-12-22(28-2)13-10-20/h5-14,16-17,26-27H,15H2,1-2H3. The molecular formula is C24H22ClNO2. The molecule has 0 spiro atoms. The maximum atomic E-state index is 9.95. The van der Waals surface area contributed by atoms with E-state index in [1.165, 1.54) is 0 Å². The minimum atomic E-state index is -0.0505. The zero-order valence-electron chi connectivity index (χ0n) is 15.9. The highest BCUT2D eigenvalue weighted by Crippen LogP contribution is 2.27. The second kappa shape index (κ2) is 9.32. The number of phenolic OH excluding ortho intramolecular Hbond substituents is 1. The number of halogens is 1. The van der Waals surface area contributed by atoms with E-state index in [1.807, 2.05) is 43.3 Å². The molecule has 4 heteroatoms. The first-order valence-corrected chi connectivity index (χ1v) is 9.40. The molecule has 0 radical (unpaired) electrons. The summed E-state index contributed by atoms with van der Waals surface area (Å²) >= 11 is 6.00. The normalized spacial score (nSPS) is 11.4. The number of nitrogens with one attached hydrogen (secondary N) is 1. The lowest BCUT2D eigenvalue weighted by molar-refractivity contribution is 0.415. The third-order valence-corrected chi connectivity index (χ3v) is 4.73. The number of aromatic hydroxyl groups is 1. The number of benzene rings is 3. The topological polar surface area (TPSA) is 41.5 Å². The Bertz CT molecular complexity index is 986. The van der Waals surface area contributed by atoms with Crippen molar-refractivity contribution in [3.63, 3.8) is 0 Å². The molecule has 0 bridgehead atoms. The van der Waals surface area contributed by atoms with Crippen LogP contribution in [-0.4, -0.2) is 18.8 Å². The molecule has 0 saturated carbocycles. The van der Waals surface area contributed by atoms with Gasteiger partial charge in [0.1, 0.15) is 11.5 Å². The van der Waals surface area contributed by atoms with Crippen LogP contribution in [0.5, 0.6) is 11.5 Å². The van der Waals surface area contributed by atoms with E-state index in [0.717, 1.165) is 28.0 Å². The zero-order chi connectivity index (χ0) is 19.9. The van der Waals surface area contributed by atoms with E-state index in [0.29, 0.717) is 11.6 Å². The Hall–Kier alpha value is -2.93. The number of hydrogen-bond acceptors (Lipinski definition) is 3. The van der Waals surface area contributed by atoms with Crippen molar-refractivity contribution in [3.05, 3.63) is 82.9 Å². The summed E-state index contributed by atoms with van der Waals surface area (Å²) in [5, 5.41) is 13.8. The molecule has 142 valence electrons.